The Hall–Kier alpha value is -2.98. The molecule has 1 aliphatic heterocycles. The van der Waals surface area contributed by atoms with Crippen molar-refractivity contribution in [1.29, 1.82) is 0 Å². The molecule has 0 radical (unpaired) electrons. The van der Waals surface area contributed by atoms with Gasteiger partial charge >= 0.3 is 17.9 Å². The Morgan fingerprint density at radius 2 is 1.17 bits per heavy atom. The molecule has 204 valence electrons. The second kappa shape index (κ2) is 18.3. The van der Waals surface area contributed by atoms with Gasteiger partial charge in [0, 0.05) is 25.7 Å². The predicted molar refractivity (Wildman–Crippen MR) is 128 cm³/mol. The fourth-order valence-corrected chi connectivity index (χ4v) is 3.92. The Balaban J connectivity index is 2.04. The molecule has 3 amide bonds. The first-order valence-corrected chi connectivity index (χ1v) is 13.0. The maximum absolute atomic E-state index is 12.1. The van der Waals surface area contributed by atoms with Crippen molar-refractivity contribution in [2.45, 2.75) is 122 Å². The maximum Gasteiger partial charge on any atom is 0.333 e. The van der Waals surface area contributed by atoms with Gasteiger partial charge in [-0.1, -0.05) is 64.2 Å². The summed E-state index contributed by atoms with van der Waals surface area (Å²) < 4.78 is 0. The van der Waals surface area contributed by atoms with Gasteiger partial charge in [0.25, 0.3) is 11.8 Å². The summed E-state index contributed by atoms with van der Waals surface area (Å²) in [4.78, 5) is 73.4. The van der Waals surface area contributed by atoms with Crippen LogP contribution in [0.2, 0.25) is 0 Å². The molecule has 0 saturated carbocycles. The molecule has 1 atom stereocenters. The normalized spacial score (nSPS) is 14.1. The van der Waals surface area contributed by atoms with E-state index in [1.54, 1.807) is 0 Å². The Bertz CT molecular complexity index is 738. The predicted octanol–water partition coefficient (Wildman–Crippen LogP) is 3.49. The smallest absolute Gasteiger partial charge is 0.333 e. The molecule has 0 aromatic rings. The largest absolute Gasteiger partial charge is 0.481 e. The van der Waals surface area contributed by atoms with E-state index in [1.165, 1.54) is 19.3 Å². The number of rotatable bonds is 21. The van der Waals surface area contributed by atoms with Crippen molar-refractivity contribution >= 4 is 35.6 Å². The van der Waals surface area contributed by atoms with Crippen LogP contribution in [-0.2, 0) is 33.6 Å². The van der Waals surface area contributed by atoms with Crippen molar-refractivity contribution in [3.8, 4) is 0 Å². The number of hydrogen-bond acceptors (Lipinski definition) is 7. The molecule has 11 heteroatoms. The molecule has 36 heavy (non-hydrogen) atoms. The van der Waals surface area contributed by atoms with E-state index in [2.05, 4.69) is 5.32 Å². The second-order valence-corrected chi connectivity index (χ2v) is 9.18. The van der Waals surface area contributed by atoms with Crippen LogP contribution >= 0.6 is 0 Å². The van der Waals surface area contributed by atoms with E-state index in [1.807, 2.05) is 0 Å². The maximum atomic E-state index is 12.1. The molecule has 1 saturated heterocycles. The fourth-order valence-electron chi connectivity index (χ4n) is 3.92. The van der Waals surface area contributed by atoms with E-state index in [-0.39, 0.29) is 38.5 Å². The molecule has 0 aromatic heterocycles. The number of unbranched alkanes of at least 4 members (excludes halogenated alkanes) is 11. The first-order valence-electron chi connectivity index (χ1n) is 13.0. The summed E-state index contributed by atoms with van der Waals surface area (Å²) in [7, 11) is 0. The van der Waals surface area contributed by atoms with Gasteiger partial charge in [-0.3, -0.25) is 19.2 Å². The minimum Gasteiger partial charge on any atom is -0.481 e. The Labute approximate surface area is 211 Å². The fraction of sp³-hybridized carbons (Fsp3) is 0.760. The molecule has 1 rings (SSSR count). The van der Waals surface area contributed by atoms with Gasteiger partial charge in [-0.05, 0) is 19.3 Å². The standard InChI is InChI=1S/C25H40N2O9/c28-20(13-11-9-7-5-3-1-2-4-6-8-10-12-14-23(31)32)26-19(25(34)35)15-18-24(33)36-27-21(29)16-17-22(27)30/h19H,1-18H2,(H,26,28)(H,31,32)(H,34,35). The van der Waals surface area contributed by atoms with E-state index in [0.29, 0.717) is 11.5 Å². The molecule has 1 heterocycles. The van der Waals surface area contributed by atoms with Crippen molar-refractivity contribution in [1.82, 2.24) is 10.4 Å². The average molecular weight is 513 g/mol. The van der Waals surface area contributed by atoms with Gasteiger partial charge in [0.1, 0.15) is 6.04 Å². The Kier molecular flexibility index (Phi) is 15.8. The molecule has 0 aliphatic carbocycles. The van der Waals surface area contributed by atoms with E-state index in [4.69, 9.17) is 9.94 Å². The molecular formula is C25H40N2O9. The summed E-state index contributed by atoms with van der Waals surface area (Å²) in [5.74, 6) is -4.53. The number of nitrogens with zero attached hydrogens (tertiary/aromatic N) is 1. The van der Waals surface area contributed by atoms with Crippen LogP contribution < -0.4 is 5.32 Å². The van der Waals surface area contributed by atoms with Crippen molar-refractivity contribution < 1.29 is 43.8 Å². The zero-order valence-corrected chi connectivity index (χ0v) is 21.0. The molecule has 0 spiro atoms. The number of hydrogen-bond donors (Lipinski definition) is 3. The van der Waals surface area contributed by atoms with E-state index in [0.717, 1.165) is 51.4 Å². The lowest BCUT2D eigenvalue weighted by molar-refractivity contribution is -0.197. The molecule has 1 unspecified atom stereocenters. The lowest BCUT2D eigenvalue weighted by Gasteiger charge is -2.16. The van der Waals surface area contributed by atoms with Gasteiger partial charge in [0.2, 0.25) is 5.91 Å². The topological polar surface area (TPSA) is 167 Å². The van der Waals surface area contributed by atoms with Gasteiger partial charge in [-0.15, -0.1) is 5.06 Å². The Morgan fingerprint density at radius 1 is 0.722 bits per heavy atom. The minimum absolute atomic E-state index is 0.0290. The summed E-state index contributed by atoms with van der Waals surface area (Å²) in [5, 5.41) is 20.7. The molecule has 0 aromatic carbocycles. The van der Waals surface area contributed by atoms with Crippen LogP contribution in [0.15, 0.2) is 0 Å². The van der Waals surface area contributed by atoms with Crippen LogP contribution in [0, 0.1) is 0 Å². The number of carboxylic acid groups (broad SMARTS) is 2. The van der Waals surface area contributed by atoms with Gasteiger partial charge in [0.15, 0.2) is 0 Å². The third-order valence-electron chi connectivity index (χ3n) is 6.01. The highest BCUT2D eigenvalue weighted by Gasteiger charge is 2.33. The highest BCUT2D eigenvalue weighted by atomic mass is 16.7. The molecule has 1 fully saturated rings. The van der Waals surface area contributed by atoms with Crippen molar-refractivity contribution in [2.75, 3.05) is 0 Å². The van der Waals surface area contributed by atoms with E-state index < -0.39 is 41.7 Å². The van der Waals surface area contributed by atoms with Crippen molar-refractivity contribution in [3.05, 3.63) is 0 Å². The summed E-state index contributed by atoms with van der Waals surface area (Å²) in [6.07, 6.45) is 12.0. The molecule has 1 aliphatic rings. The average Bonchev–Trinajstić information content (AvgIpc) is 3.13. The first-order chi connectivity index (χ1) is 17.2. The van der Waals surface area contributed by atoms with Gasteiger partial charge in [-0.2, -0.15) is 0 Å². The number of nitrogens with one attached hydrogen (secondary N) is 1. The summed E-state index contributed by atoms with van der Waals surface area (Å²) in [5.41, 5.74) is 0. The van der Waals surface area contributed by atoms with Crippen molar-refractivity contribution in [3.63, 3.8) is 0 Å². The van der Waals surface area contributed by atoms with Crippen LogP contribution in [0.5, 0.6) is 0 Å². The quantitative estimate of drug-likeness (QED) is 0.154. The molecule has 11 nitrogen and oxygen atoms in total. The monoisotopic (exact) mass is 512 g/mol. The third kappa shape index (κ3) is 14.4. The van der Waals surface area contributed by atoms with Crippen LogP contribution in [0.4, 0.5) is 0 Å². The zero-order chi connectivity index (χ0) is 26.8. The molecule has 0 bridgehead atoms. The second-order valence-electron chi connectivity index (χ2n) is 9.18. The van der Waals surface area contributed by atoms with Crippen LogP contribution in [0.3, 0.4) is 0 Å². The van der Waals surface area contributed by atoms with Crippen LogP contribution in [0.25, 0.3) is 0 Å². The van der Waals surface area contributed by atoms with Crippen molar-refractivity contribution in [2.24, 2.45) is 0 Å². The van der Waals surface area contributed by atoms with Gasteiger partial charge < -0.3 is 20.4 Å². The third-order valence-corrected chi connectivity index (χ3v) is 6.01. The number of hydroxylamine groups is 2. The lowest BCUT2D eigenvalue weighted by Crippen LogP contribution is -2.41. The number of imide groups is 1. The summed E-state index contributed by atoms with van der Waals surface area (Å²) >= 11 is 0. The van der Waals surface area contributed by atoms with E-state index >= 15 is 0 Å². The SMILES string of the molecule is O=C(O)CCCCCCCCCCCCCCC(=O)NC(CCC(=O)ON1C(=O)CCC1=O)C(=O)O. The van der Waals surface area contributed by atoms with Crippen LogP contribution in [0.1, 0.15) is 116 Å². The minimum atomic E-state index is -1.27. The summed E-state index contributed by atoms with van der Waals surface area (Å²) in [6.45, 7) is 0. The number of carboxylic acids is 2. The number of aliphatic carboxylic acids is 2. The zero-order valence-electron chi connectivity index (χ0n) is 21.0. The summed E-state index contributed by atoms with van der Waals surface area (Å²) in [6, 6.07) is -1.26. The number of carbonyl (C=O) groups excluding carboxylic acids is 4. The highest BCUT2D eigenvalue weighted by Crippen LogP contribution is 2.14. The number of amides is 3. The van der Waals surface area contributed by atoms with E-state index in [9.17, 15) is 33.9 Å². The first kappa shape index (κ1) is 31.1. The molecular weight excluding hydrogens is 472 g/mol. The van der Waals surface area contributed by atoms with Crippen LogP contribution in [-0.4, -0.2) is 56.9 Å². The number of carbonyl (C=O) groups is 6. The van der Waals surface area contributed by atoms with Gasteiger partial charge in [-0.25, -0.2) is 9.59 Å². The highest BCUT2D eigenvalue weighted by molar-refractivity contribution is 6.01. The van der Waals surface area contributed by atoms with Gasteiger partial charge in [0.05, 0.1) is 6.42 Å². The lowest BCUT2D eigenvalue weighted by atomic mass is 10.0. The molecule has 3 N–H and O–H groups in total. The Morgan fingerprint density at radius 3 is 1.61 bits per heavy atom.